The fraction of sp³-hybridized carbons (Fsp3) is 0.588. The minimum absolute atomic E-state index is 0.0422. The molecule has 1 rings (SSSR count). The molecule has 2 N–H and O–H groups in total. The van der Waals surface area contributed by atoms with Gasteiger partial charge >= 0.3 is 5.97 Å². The molecule has 0 radical (unpaired) electrons. The number of hydrogen-bond donors (Lipinski definition) is 2. The molecule has 0 saturated heterocycles. The van der Waals surface area contributed by atoms with Gasteiger partial charge in [0.05, 0.1) is 6.61 Å². The van der Waals surface area contributed by atoms with Crippen molar-refractivity contribution in [3.8, 4) is 0 Å². The van der Waals surface area contributed by atoms with Gasteiger partial charge in [0, 0.05) is 12.6 Å². The van der Waals surface area contributed by atoms with Crippen molar-refractivity contribution in [2.24, 2.45) is 0 Å². The number of nitrogens with one attached hydrogen (secondary N) is 1. The van der Waals surface area contributed by atoms with Gasteiger partial charge in [-0.1, -0.05) is 50.1 Å². The molecule has 0 amide bonds. The summed E-state index contributed by atoms with van der Waals surface area (Å²) in [4.78, 5) is 11.9. The van der Waals surface area contributed by atoms with E-state index in [0.717, 1.165) is 24.8 Å². The van der Waals surface area contributed by atoms with Gasteiger partial charge in [-0.15, -0.1) is 0 Å². The van der Waals surface area contributed by atoms with E-state index in [1.807, 2.05) is 44.2 Å². The average Bonchev–Trinajstić information content (AvgIpc) is 2.46. The molecule has 1 atom stereocenters. The molecule has 0 bridgehead atoms. The summed E-state index contributed by atoms with van der Waals surface area (Å²) in [6, 6.07) is 9.30. The maximum atomic E-state index is 11.9. The lowest BCUT2D eigenvalue weighted by atomic mass is 9.90. The van der Waals surface area contributed by atoms with Crippen molar-refractivity contribution in [2.45, 2.75) is 51.6 Å². The molecule has 1 aromatic carbocycles. The Kier molecular flexibility index (Phi) is 7.40. The van der Waals surface area contributed by atoms with Gasteiger partial charge in [0.1, 0.15) is 0 Å². The Morgan fingerprint density at radius 2 is 1.95 bits per heavy atom. The fourth-order valence-corrected chi connectivity index (χ4v) is 2.35. The first-order valence-corrected chi connectivity index (χ1v) is 7.67. The number of carbonyl (C=O) groups is 1. The molecule has 0 fully saturated rings. The molecule has 0 aromatic heterocycles. The lowest BCUT2D eigenvalue weighted by Crippen LogP contribution is -2.55. The van der Waals surface area contributed by atoms with Gasteiger partial charge in [-0.25, -0.2) is 4.79 Å². The van der Waals surface area contributed by atoms with Crippen molar-refractivity contribution >= 4 is 5.97 Å². The van der Waals surface area contributed by atoms with Crippen LogP contribution in [0.15, 0.2) is 30.3 Å². The molecule has 0 aliphatic carbocycles. The van der Waals surface area contributed by atoms with Crippen LogP contribution >= 0.6 is 0 Å². The van der Waals surface area contributed by atoms with Crippen molar-refractivity contribution in [3.63, 3.8) is 0 Å². The standard InChI is InChI=1S/C17H27NO3/c1-4-5-9-12-21-13-17(16(19)20,18-14(2)3)15-10-7-6-8-11-15/h6-8,10-11,14,18H,4-5,9,12-13H2,1-3H3,(H,19,20). The van der Waals surface area contributed by atoms with E-state index in [1.54, 1.807) is 0 Å². The summed E-state index contributed by atoms with van der Waals surface area (Å²) in [6.07, 6.45) is 3.18. The van der Waals surface area contributed by atoms with Crippen LogP contribution in [0.5, 0.6) is 0 Å². The van der Waals surface area contributed by atoms with Gasteiger partial charge in [-0.3, -0.25) is 5.32 Å². The predicted octanol–water partition coefficient (Wildman–Crippen LogP) is 3.17. The number of carboxylic acid groups (broad SMARTS) is 1. The van der Waals surface area contributed by atoms with Gasteiger partial charge in [0.25, 0.3) is 0 Å². The molecule has 4 heteroatoms. The molecule has 0 aliphatic heterocycles. The third-order valence-corrected chi connectivity index (χ3v) is 3.38. The normalized spacial score (nSPS) is 14.1. The lowest BCUT2D eigenvalue weighted by Gasteiger charge is -2.33. The fourth-order valence-electron chi connectivity index (χ4n) is 2.35. The van der Waals surface area contributed by atoms with Gasteiger partial charge < -0.3 is 9.84 Å². The minimum Gasteiger partial charge on any atom is -0.480 e. The molecule has 1 aromatic rings. The highest BCUT2D eigenvalue weighted by molar-refractivity contribution is 5.81. The maximum absolute atomic E-state index is 11.9. The second kappa shape index (κ2) is 8.80. The highest BCUT2D eigenvalue weighted by Crippen LogP contribution is 2.23. The van der Waals surface area contributed by atoms with Crippen molar-refractivity contribution in [3.05, 3.63) is 35.9 Å². The third kappa shape index (κ3) is 5.14. The number of rotatable bonds is 10. The van der Waals surface area contributed by atoms with Gasteiger partial charge in [-0.05, 0) is 25.8 Å². The number of unbranched alkanes of at least 4 members (excludes halogenated alkanes) is 2. The minimum atomic E-state index is -1.19. The summed E-state index contributed by atoms with van der Waals surface area (Å²) in [6.45, 7) is 6.74. The molecular formula is C17H27NO3. The zero-order valence-corrected chi connectivity index (χ0v) is 13.3. The van der Waals surface area contributed by atoms with E-state index in [-0.39, 0.29) is 12.6 Å². The molecule has 1 unspecified atom stereocenters. The van der Waals surface area contributed by atoms with Crippen molar-refractivity contribution in [1.29, 1.82) is 0 Å². The van der Waals surface area contributed by atoms with Crippen molar-refractivity contribution in [2.75, 3.05) is 13.2 Å². The van der Waals surface area contributed by atoms with E-state index in [1.165, 1.54) is 0 Å². The monoisotopic (exact) mass is 293 g/mol. The molecule has 0 heterocycles. The van der Waals surface area contributed by atoms with Crippen LogP contribution in [-0.2, 0) is 15.1 Å². The third-order valence-electron chi connectivity index (χ3n) is 3.38. The van der Waals surface area contributed by atoms with Crippen LogP contribution in [0.3, 0.4) is 0 Å². The summed E-state index contributed by atoms with van der Waals surface area (Å²) in [5.41, 5.74) is -0.469. The number of carboxylic acids is 1. The van der Waals surface area contributed by atoms with E-state index in [4.69, 9.17) is 4.74 Å². The number of hydrogen-bond acceptors (Lipinski definition) is 3. The molecule has 21 heavy (non-hydrogen) atoms. The Hall–Kier alpha value is -1.39. The highest BCUT2D eigenvalue weighted by atomic mass is 16.5. The molecule has 4 nitrogen and oxygen atoms in total. The highest BCUT2D eigenvalue weighted by Gasteiger charge is 2.41. The second-order valence-electron chi connectivity index (χ2n) is 5.64. The SMILES string of the molecule is CCCCCOCC(NC(C)C)(C(=O)O)c1ccccc1. The van der Waals surface area contributed by atoms with Crippen LogP contribution in [0, 0.1) is 0 Å². The maximum Gasteiger partial charge on any atom is 0.331 e. The summed E-state index contributed by atoms with van der Waals surface area (Å²) in [7, 11) is 0. The van der Waals surface area contributed by atoms with Gasteiger partial charge in [-0.2, -0.15) is 0 Å². The molecule has 0 spiro atoms. The zero-order chi connectivity index (χ0) is 15.7. The first-order valence-electron chi connectivity index (χ1n) is 7.67. The van der Waals surface area contributed by atoms with Crippen LogP contribution in [0.2, 0.25) is 0 Å². The summed E-state index contributed by atoms with van der Waals surface area (Å²) in [5.74, 6) is -0.905. The van der Waals surface area contributed by atoms with Crippen molar-refractivity contribution in [1.82, 2.24) is 5.32 Å². The summed E-state index contributed by atoms with van der Waals surface area (Å²) >= 11 is 0. The first-order chi connectivity index (χ1) is 10.0. The van der Waals surface area contributed by atoms with E-state index in [0.29, 0.717) is 6.61 Å². The molecular weight excluding hydrogens is 266 g/mol. The van der Waals surface area contributed by atoms with E-state index < -0.39 is 11.5 Å². The number of benzene rings is 1. The summed E-state index contributed by atoms with van der Waals surface area (Å²) in [5, 5.41) is 13.0. The average molecular weight is 293 g/mol. The van der Waals surface area contributed by atoms with Crippen LogP contribution in [-0.4, -0.2) is 30.3 Å². The number of aliphatic carboxylic acids is 1. The van der Waals surface area contributed by atoms with Crippen LogP contribution in [0.1, 0.15) is 45.6 Å². The Morgan fingerprint density at radius 1 is 1.29 bits per heavy atom. The summed E-state index contributed by atoms with van der Waals surface area (Å²) < 4.78 is 5.67. The zero-order valence-electron chi connectivity index (χ0n) is 13.3. The predicted molar refractivity (Wildman–Crippen MR) is 84.4 cm³/mol. The smallest absolute Gasteiger partial charge is 0.331 e. The van der Waals surface area contributed by atoms with Crippen LogP contribution in [0.4, 0.5) is 0 Å². The number of ether oxygens (including phenoxy) is 1. The molecule has 0 saturated carbocycles. The largest absolute Gasteiger partial charge is 0.480 e. The second-order valence-corrected chi connectivity index (χ2v) is 5.64. The van der Waals surface area contributed by atoms with Crippen molar-refractivity contribution < 1.29 is 14.6 Å². The van der Waals surface area contributed by atoms with E-state index >= 15 is 0 Å². The molecule has 0 aliphatic rings. The van der Waals surface area contributed by atoms with E-state index in [2.05, 4.69) is 12.2 Å². The quantitative estimate of drug-likeness (QED) is 0.651. The Labute approximate surface area is 127 Å². The Balaban J connectivity index is 2.89. The topological polar surface area (TPSA) is 58.6 Å². The lowest BCUT2D eigenvalue weighted by molar-refractivity contribution is -0.149. The van der Waals surface area contributed by atoms with Gasteiger partial charge in [0.2, 0.25) is 0 Å². The Bertz CT molecular complexity index is 419. The molecule has 118 valence electrons. The first kappa shape index (κ1) is 17.7. The Morgan fingerprint density at radius 3 is 2.48 bits per heavy atom. The van der Waals surface area contributed by atoms with Crippen LogP contribution in [0.25, 0.3) is 0 Å². The van der Waals surface area contributed by atoms with Gasteiger partial charge in [0.15, 0.2) is 5.54 Å². The van der Waals surface area contributed by atoms with E-state index in [9.17, 15) is 9.90 Å². The van der Waals surface area contributed by atoms with Crippen LogP contribution < -0.4 is 5.32 Å².